The third-order valence-corrected chi connectivity index (χ3v) is 4.90. The molecule has 0 aromatic heterocycles. The van der Waals surface area contributed by atoms with E-state index in [1.54, 1.807) is 12.1 Å². The molecular formula is C12H21ClN2O2S2. The van der Waals surface area contributed by atoms with E-state index in [-0.39, 0.29) is 18.4 Å². The molecule has 110 valence electrons. The van der Waals surface area contributed by atoms with Gasteiger partial charge in [-0.15, -0.1) is 24.2 Å². The second-order valence-electron chi connectivity index (χ2n) is 3.96. The first-order chi connectivity index (χ1) is 8.51. The number of hydrogen-bond acceptors (Lipinski definition) is 4. The largest absolute Gasteiger partial charge is 0.313 e. The van der Waals surface area contributed by atoms with E-state index in [2.05, 4.69) is 10.0 Å². The number of halogens is 1. The Bertz CT molecular complexity index is 480. The standard InChI is InChI=1S/C12H20N2O2S2.ClH/c1-4-13-10(2)9-14-18(15,16)12-8-6-5-7-11(12)17-3;/h5-8,10,13-14H,4,9H2,1-3H3;1H/t10-;/m1./s1. The summed E-state index contributed by atoms with van der Waals surface area (Å²) in [5.41, 5.74) is 0. The number of hydrogen-bond donors (Lipinski definition) is 2. The molecule has 0 saturated carbocycles. The van der Waals surface area contributed by atoms with Crippen LogP contribution in [0, 0.1) is 0 Å². The van der Waals surface area contributed by atoms with E-state index in [4.69, 9.17) is 0 Å². The number of benzene rings is 1. The van der Waals surface area contributed by atoms with Crippen molar-refractivity contribution in [3.63, 3.8) is 0 Å². The van der Waals surface area contributed by atoms with Crippen LogP contribution in [-0.4, -0.2) is 33.8 Å². The Labute approximate surface area is 126 Å². The summed E-state index contributed by atoms with van der Waals surface area (Å²) < 4.78 is 27.0. The Kier molecular flexibility index (Phi) is 8.69. The lowest BCUT2D eigenvalue weighted by atomic mass is 10.3. The fraction of sp³-hybridized carbons (Fsp3) is 0.500. The van der Waals surface area contributed by atoms with Gasteiger partial charge in [-0.05, 0) is 31.9 Å². The minimum Gasteiger partial charge on any atom is -0.313 e. The molecule has 1 rings (SSSR count). The van der Waals surface area contributed by atoms with E-state index < -0.39 is 10.0 Å². The number of nitrogens with one attached hydrogen (secondary N) is 2. The summed E-state index contributed by atoms with van der Waals surface area (Å²) in [7, 11) is -3.43. The Balaban J connectivity index is 0.00000324. The van der Waals surface area contributed by atoms with E-state index in [0.717, 1.165) is 11.4 Å². The van der Waals surface area contributed by atoms with Gasteiger partial charge in [-0.2, -0.15) is 0 Å². The summed E-state index contributed by atoms with van der Waals surface area (Å²) in [5, 5.41) is 3.17. The highest BCUT2D eigenvalue weighted by atomic mass is 35.5. The van der Waals surface area contributed by atoms with Crippen molar-refractivity contribution in [3.8, 4) is 0 Å². The normalized spacial score (nSPS) is 12.8. The van der Waals surface area contributed by atoms with Crippen LogP contribution in [0.2, 0.25) is 0 Å². The molecule has 0 bridgehead atoms. The van der Waals surface area contributed by atoms with Gasteiger partial charge in [-0.1, -0.05) is 19.1 Å². The molecule has 19 heavy (non-hydrogen) atoms. The van der Waals surface area contributed by atoms with Crippen LogP contribution in [-0.2, 0) is 10.0 Å². The van der Waals surface area contributed by atoms with E-state index in [1.807, 2.05) is 32.2 Å². The van der Waals surface area contributed by atoms with Crippen LogP contribution in [0.5, 0.6) is 0 Å². The fourth-order valence-corrected chi connectivity index (χ4v) is 3.85. The molecule has 1 atom stereocenters. The Morgan fingerprint density at radius 2 is 1.95 bits per heavy atom. The molecular weight excluding hydrogens is 304 g/mol. The van der Waals surface area contributed by atoms with Crippen molar-refractivity contribution in [1.29, 1.82) is 0 Å². The van der Waals surface area contributed by atoms with Crippen LogP contribution in [0.1, 0.15) is 13.8 Å². The van der Waals surface area contributed by atoms with Crippen molar-refractivity contribution in [1.82, 2.24) is 10.0 Å². The predicted octanol–water partition coefficient (Wildman–Crippen LogP) is 2.11. The average molecular weight is 325 g/mol. The van der Waals surface area contributed by atoms with Crippen LogP contribution >= 0.6 is 24.2 Å². The van der Waals surface area contributed by atoms with Gasteiger partial charge < -0.3 is 5.32 Å². The summed E-state index contributed by atoms with van der Waals surface area (Å²) in [6.45, 7) is 5.16. The Morgan fingerprint density at radius 3 is 2.53 bits per heavy atom. The maximum atomic E-state index is 12.2. The Hall–Kier alpha value is -0.270. The van der Waals surface area contributed by atoms with Crippen molar-refractivity contribution in [2.45, 2.75) is 29.7 Å². The van der Waals surface area contributed by atoms with Gasteiger partial charge in [0.1, 0.15) is 0 Å². The minimum atomic E-state index is -3.43. The maximum absolute atomic E-state index is 12.2. The minimum absolute atomic E-state index is 0. The molecule has 0 aliphatic carbocycles. The molecule has 2 N–H and O–H groups in total. The molecule has 0 aliphatic heterocycles. The average Bonchev–Trinajstić information content (AvgIpc) is 2.37. The molecule has 1 aromatic carbocycles. The van der Waals surface area contributed by atoms with Gasteiger partial charge in [0.2, 0.25) is 10.0 Å². The molecule has 1 aromatic rings. The lowest BCUT2D eigenvalue weighted by molar-refractivity contribution is 0.535. The lowest BCUT2D eigenvalue weighted by Crippen LogP contribution is -2.38. The number of rotatable bonds is 7. The van der Waals surface area contributed by atoms with Gasteiger partial charge in [0.05, 0.1) is 4.90 Å². The predicted molar refractivity (Wildman–Crippen MR) is 83.8 cm³/mol. The fourth-order valence-electron chi connectivity index (χ4n) is 1.57. The zero-order chi connectivity index (χ0) is 13.6. The smallest absolute Gasteiger partial charge is 0.241 e. The van der Waals surface area contributed by atoms with Crippen LogP contribution in [0.4, 0.5) is 0 Å². The maximum Gasteiger partial charge on any atom is 0.241 e. The summed E-state index contributed by atoms with van der Waals surface area (Å²) in [6, 6.07) is 7.14. The highest BCUT2D eigenvalue weighted by Crippen LogP contribution is 2.23. The summed E-state index contributed by atoms with van der Waals surface area (Å²) in [4.78, 5) is 1.11. The van der Waals surface area contributed by atoms with Crippen molar-refractivity contribution < 1.29 is 8.42 Å². The van der Waals surface area contributed by atoms with Gasteiger partial charge >= 0.3 is 0 Å². The number of sulfonamides is 1. The molecule has 0 unspecified atom stereocenters. The highest BCUT2D eigenvalue weighted by Gasteiger charge is 2.18. The van der Waals surface area contributed by atoms with Gasteiger partial charge in [0.15, 0.2) is 0 Å². The third kappa shape index (κ3) is 5.71. The highest BCUT2D eigenvalue weighted by molar-refractivity contribution is 7.99. The number of likely N-dealkylation sites (N-methyl/N-ethyl adjacent to an activating group) is 1. The van der Waals surface area contributed by atoms with Gasteiger partial charge in [0, 0.05) is 17.5 Å². The quantitative estimate of drug-likeness (QED) is 0.754. The zero-order valence-corrected chi connectivity index (χ0v) is 13.8. The SMILES string of the molecule is CCN[C@H](C)CNS(=O)(=O)c1ccccc1SC.Cl. The van der Waals surface area contributed by atoms with E-state index in [0.29, 0.717) is 11.4 Å². The molecule has 0 heterocycles. The van der Waals surface area contributed by atoms with Crippen molar-refractivity contribution in [2.75, 3.05) is 19.3 Å². The molecule has 0 amide bonds. The summed E-state index contributed by atoms with van der Waals surface area (Å²) in [6.07, 6.45) is 1.87. The van der Waals surface area contributed by atoms with Gasteiger partial charge in [0.25, 0.3) is 0 Å². The van der Waals surface area contributed by atoms with Crippen molar-refractivity contribution in [2.24, 2.45) is 0 Å². The first-order valence-corrected chi connectivity index (χ1v) is 8.58. The van der Waals surface area contributed by atoms with Crippen molar-refractivity contribution in [3.05, 3.63) is 24.3 Å². The third-order valence-electron chi connectivity index (χ3n) is 2.49. The molecule has 0 aliphatic rings. The molecule has 7 heteroatoms. The van der Waals surface area contributed by atoms with Crippen LogP contribution in [0.25, 0.3) is 0 Å². The number of thioether (sulfide) groups is 1. The molecule has 0 radical (unpaired) electrons. The second-order valence-corrected chi connectivity index (χ2v) is 6.54. The van der Waals surface area contributed by atoms with E-state index in [9.17, 15) is 8.42 Å². The van der Waals surface area contributed by atoms with Crippen LogP contribution in [0.15, 0.2) is 34.1 Å². The molecule has 0 spiro atoms. The molecule has 0 saturated heterocycles. The first kappa shape index (κ1) is 18.7. The van der Waals surface area contributed by atoms with Gasteiger partial charge in [-0.3, -0.25) is 0 Å². The summed E-state index contributed by atoms with van der Waals surface area (Å²) in [5.74, 6) is 0. The first-order valence-electron chi connectivity index (χ1n) is 5.87. The monoisotopic (exact) mass is 324 g/mol. The van der Waals surface area contributed by atoms with Crippen molar-refractivity contribution >= 4 is 34.2 Å². The van der Waals surface area contributed by atoms with E-state index in [1.165, 1.54) is 11.8 Å². The molecule has 0 fully saturated rings. The topological polar surface area (TPSA) is 58.2 Å². The lowest BCUT2D eigenvalue weighted by Gasteiger charge is -2.14. The molecule has 4 nitrogen and oxygen atoms in total. The van der Waals surface area contributed by atoms with Crippen LogP contribution < -0.4 is 10.0 Å². The second kappa shape index (κ2) is 8.81. The van der Waals surface area contributed by atoms with Crippen LogP contribution in [0.3, 0.4) is 0 Å². The van der Waals surface area contributed by atoms with E-state index >= 15 is 0 Å². The Morgan fingerprint density at radius 1 is 1.32 bits per heavy atom. The zero-order valence-electron chi connectivity index (χ0n) is 11.3. The summed E-state index contributed by atoms with van der Waals surface area (Å²) >= 11 is 1.43. The van der Waals surface area contributed by atoms with Gasteiger partial charge in [-0.25, -0.2) is 13.1 Å².